The molecule has 0 saturated carbocycles. The molecule has 0 aliphatic rings. The summed E-state index contributed by atoms with van der Waals surface area (Å²) in [5, 5.41) is 9.14. The third-order valence-electron chi connectivity index (χ3n) is 2.15. The van der Waals surface area contributed by atoms with Crippen LogP contribution in [-0.2, 0) is 0 Å². The van der Waals surface area contributed by atoms with Crippen molar-refractivity contribution in [3.63, 3.8) is 0 Å². The van der Waals surface area contributed by atoms with Gasteiger partial charge in [-0.3, -0.25) is 0 Å². The topological polar surface area (TPSA) is 45.9 Å². The predicted molar refractivity (Wildman–Crippen MR) is 70.5 cm³/mol. The Hall–Kier alpha value is -1.54. The van der Waals surface area contributed by atoms with Gasteiger partial charge < -0.3 is 4.74 Å². The van der Waals surface area contributed by atoms with Gasteiger partial charge in [-0.15, -0.1) is 0 Å². The molecule has 0 radical (unpaired) electrons. The van der Waals surface area contributed by atoms with Crippen LogP contribution in [0.25, 0.3) is 0 Å². The maximum absolute atomic E-state index is 13.4. The molecular weight excluding hydrogens is 314 g/mol. The number of nitrogens with zero attached hydrogens (tertiary/aromatic N) is 2. The van der Waals surface area contributed by atoms with Gasteiger partial charge in [-0.25, -0.2) is 4.39 Å². The van der Waals surface area contributed by atoms with E-state index in [9.17, 15) is 4.39 Å². The third kappa shape index (κ3) is 2.90. The van der Waals surface area contributed by atoms with Gasteiger partial charge in [0.1, 0.15) is 28.2 Å². The number of halogens is 4. The van der Waals surface area contributed by atoms with E-state index in [-0.39, 0.29) is 32.4 Å². The summed E-state index contributed by atoms with van der Waals surface area (Å²) in [6.07, 6.45) is 0. The summed E-state index contributed by atoms with van der Waals surface area (Å²) in [6.45, 7) is 0. The van der Waals surface area contributed by atoms with E-state index in [4.69, 9.17) is 44.8 Å². The molecule has 0 aliphatic carbocycles. The molecule has 19 heavy (non-hydrogen) atoms. The van der Waals surface area contributed by atoms with Crippen LogP contribution in [0.15, 0.2) is 24.3 Å². The summed E-state index contributed by atoms with van der Waals surface area (Å²) < 4.78 is 18.7. The normalized spacial score (nSPS) is 10.1. The Morgan fingerprint density at radius 2 is 1.95 bits per heavy atom. The molecular formula is C12H4Cl3FN2O. The Balaban J connectivity index is 2.45. The van der Waals surface area contributed by atoms with Gasteiger partial charge in [0.05, 0.1) is 5.02 Å². The average Bonchev–Trinajstić information content (AvgIpc) is 2.36. The van der Waals surface area contributed by atoms with Crippen LogP contribution in [0.3, 0.4) is 0 Å². The zero-order chi connectivity index (χ0) is 14.0. The maximum atomic E-state index is 13.4. The summed E-state index contributed by atoms with van der Waals surface area (Å²) in [5.41, 5.74) is -0.244. The lowest BCUT2D eigenvalue weighted by Gasteiger charge is -2.09. The van der Waals surface area contributed by atoms with Crippen LogP contribution < -0.4 is 4.74 Å². The number of hydrogen-bond donors (Lipinski definition) is 0. The molecule has 1 heterocycles. The lowest BCUT2D eigenvalue weighted by Crippen LogP contribution is -1.94. The molecule has 0 atom stereocenters. The van der Waals surface area contributed by atoms with Crippen molar-refractivity contribution in [1.29, 1.82) is 5.26 Å². The molecule has 0 unspecified atom stereocenters. The molecule has 0 N–H and O–H groups in total. The van der Waals surface area contributed by atoms with Crippen molar-refractivity contribution in [2.45, 2.75) is 0 Å². The van der Waals surface area contributed by atoms with Gasteiger partial charge >= 0.3 is 0 Å². The Bertz CT molecular complexity index is 685. The molecule has 2 rings (SSSR count). The Morgan fingerprint density at radius 1 is 1.21 bits per heavy atom. The minimum atomic E-state index is -0.698. The average molecular weight is 318 g/mol. The standard InChI is InChI=1S/C12H4Cl3FN2O/c13-7-4-8(14)12(18-11(7)15)19-10-3-1-2-9(16)6(10)5-17/h1-4H. The van der Waals surface area contributed by atoms with Crippen LogP contribution in [0.2, 0.25) is 15.2 Å². The number of rotatable bonds is 2. The molecule has 1 aromatic carbocycles. The highest BCUT2D eigenvalue weighted by Crippen LogP contribution is 2.34. The molecule has 0 amide bonds. The van der Waals surface area contributed by atoms with E-state index in [1.807, 2.05) is 0 Å². The van der Waals surface area contributed by atoms with Crippen molar-refractivity contribution < 1.29 is 9.13 Å². The van der Waals surface area contributed by atoms with E-state index in [0.717, 1.165) is 6.07 Å². The summed E-state index contributed by atoms with van der Waals surface area (Å²) in [6, 6.07) is 7.01. The van der Waals surface area contributed by atoms with Crippen molar-refractivity contribution >= 4 is 34.8 Å². The van der Waals surface area contributed by atoms with Crippen LogP contribution in [-0.4, -0.2) is 4.98 Å². The maximum Gasteiger partial charge on any atom is 0.239 e. The van der Waals surface area contributed by atoms with Crippen LogP contribution >= 0.6 is 34.8 Å². The zero-order valence-electron chi connectivity index (χ0n) is 9.12. The second-order valence-corrected chi connectivity index (χ2v) is 4.55. The quantitative estimate of drug-likeness (QED) is 0.744. The minimum Gasteiger partial charge on any atom is -0.436 e. The fraction of sp³-hybridized carbons (Fsp3) is 0. The molecule has 96 valence electrons. The molecule has 0 spiro atoms. The first kappa shape index (κ1) is 13.9. The van der Waals surface area contributed by atoms with E-state index in [0.29, 0.717) is 0 Å². The van der Waals surface area contributed by atoms with Gasteiger partial charge in [0.2, 0.25) is 5.88 Å². The lowest BCUT2D eigenvalue weighted by molar-refractivity contribution is 0.456. The second kappa shape index (κ2) is 5.62. The summed E-state index contributed by atoms with van der Waals surface area (Å²) >= 11 is 17.3. The van der Waals surface area contributed by atoms with E-state index >= 15 is 0 Å². The van der Waals surface area contributed by atoms with Crippen molar-refractivity contribution in [2.24, 2.45) is 0 Å². The van der Waals surface area contributed by atoms with E-state index in [1.54, 1.807) is 6.07 Å². The molecule has 0 saturated heterocycles. The first-order valence-corrected chi connectivity index (χ1v) is 6.04. The van der Waals surface area contributed by atoms with Gasteiger partial charge in [0.15, 0.2) is 5.15 Å². The first-order valence-electron chi connectivity index (χ1n) is 4.91. The third-order valence-corrected chi connectivity index (χ3v) is 3.09. The number of ether oxygens (including phenoxy) is 1. The zero-order valence-corrected chi connectivity index (χ0v) is 11.4. The van der Waals surface area contributed by atoms with Crippen LogP contribution in [0.5, 0.6) is 11.6 Å². The fourth-order valence-electron chi connectivity index (χ4n) is 1.30. The Kier molecular flexibility index (Phi) is 4.11. The second-order valence-electron chi connectivity index (χ2n) is 3.37. The highest BCUT2D eigenvalue weighted by molar-refractivity contribution is 6.42. The number of benzene rings is 1. The summed E-state index contributed by atoms with van der Waals surface area (Å²) in [7, 11) is 0. The molecule has 3 nitrogen and oxygen atoms in total. The van der Waals surface area contributed by atoms with E-state index in [2.05, 4.69) is 4.98 Å². The van der Waals surface area contributed by atoms with Crippen molar-refractivity contribution in [2.75, 3.05) is 0 Å². The van der Waals surface area contributed by atoms with Crippen LogP contribution in [0.4, 0.5) is 4.39 Å². The molecule has 2 aromatic rings. The van der Waals surface area contributed by atoms with Gasteiger partial charge in [-0.1, -0.05) is 40.9 Å². The van der Waals surface area contributed by atoms with Crippen LogP contribution in [0, 0.1) is 17.1 Å². The van der Waals surface area contributed by atoms with Gasteiger partial charge in [-0.2, -0.15) is 10.2 Å². The van der Waals surface area contributed by atoms with E-state index < -0.39 is 5.82 Å². The minimum absolute atomic E-state index is 0.00372. The van der Waals surface area contributed by atoms with Crippen LogP contribution in [0.1, 0.15) is 5.56 Å². The van der Waals surface area contributed by atoms with Gasteiger partial charge in [-0.05, 0) is 18.2 Å². The van der Waals surface area contributed by atoms with Crippen molar-refractivity contribution in [3.8, 4) is 17.7 Å². The molecule has 7 heteroatoms. The smallest absolute Gasteiger partial charge is 0.239 e. The lowest BCUT2D eigenvalue weighted by atomic mass is 10.2. The number of aromatic nitrogens is 1. The largest absolute Gasteiger partial charge is 0.436 e. The number of nitriles is 1. The van der Waals surface area contributed by atoms with Crippen molar-refractivity contribution in [3.05, 3.63) is 50.8 Å². The first-order chi connectivity index (χ1) is 9.02. The Labute approximate surface area is 123 Å². The van der Waals surface area contributed by atoms with Crippen molar-refractivity contribution in [1.82, 2.24) is 4.98 Å². The molecule has 0 bridgehead atoms. The monoisotopic (exact) mass is 316 g/mol. The number of pyridine rings is 1. The summed E-state index contributed by atoms with van der Waals surface area (Å²) in [5.74, 6) is -0.760. The highest BCUT2D eigenvalue weighted by Gasteiger charge is 2.14. The van der Waals surface area contributed by atoms with E-state index in [1.165, 1.54) is 18.2 Å². The van der Waals surface area contributed by atoms with Gasteiger partial charge in [0.25, 0.3) is 0 Å². The molecule has 0 aliphatic heterocycles. The fourth-order valence-corrected chi connectivity index (χ4v) is 1.83. The Morgan fingerprint density at radius 3 is 2.63 bits per heavy atom. The predicted octanol–water partition coefficient (Wildman–Crippen LogP) is 4.84. The molecule has 1 aromatic heterocycles. The highest BCUT2D eigenvalue weighted by atomic mass is 35.5. The number of hydrogen-bond acceptors (Lipinski definition) is 3. The summed E-state index contributed by atoms with van der Waals surface area (Å²) in [4.78, 5) is 3.82. The molecule has 0 fully saturated rings. The SMILES string of the molecule is N#Cc1c(F)cccc1Oc1nc(Cl)c(Cl)cc1Cl. The van der Waals surface area contributed by atoms with Gasteiger partial charge in [0, 0.05) is 0 Å².